The molecule has 1 aliphatic heterocycles. The molecule has 27 heavy (non-hydrogen) atoms. The molecule has 0 bridgehead atoms. The number of amides is 1. The monoisotopic (exact) mass is 409 g/mol. The fourth-order valence-electron chi connectivity index (χ4n) is 3.61. The van der Waals surface area contributed by atoms with Gasteiger partial charge in [-0.25, -0.2) is 4.68 Å². The molecule has 2 aromatic rings. The third-order valence-corrected chi connectivity index (χ3v) is 5.55. The molecule has 1 saturated heterocycles. The Balaban J connectivity index is 0.00000210. The zero-order chi connectivity index (χ0) is 18.1. The molecule has 1 N–H and O–H groups in total. The van der Waals surface area contributed by atoms with Crippen LogP contribution in [0.2, 0.25) is 5.02 Å². The van der Waals surface area contributed by atoms with Crippen molar-refractivity contribution in [1.29, 1.82) is 0 Å². The van der Waals surface area contributed by atoms with E-state index in [1.807, 2.05) is 40.8 Å². The van der Waals surface area contributed by atoms with E-state index in [9.17, 15) is 4.79 Å². The number of rotatable bonds is 5. The van der Waals surface area contributed by atoms with E-state index in [1.54, 1.807) is 0 Å². The quantitative estimate of drug-likeness (QED) is 0.821. The van der Waals surface area contributed by atoms with Crippen LogP contribution in [0.15, 0.2) is 24.3 Å². The molecule has 0 atom stereocenters. The average molecular weight is 410 g/mol. The first-order valence-corrected chi connectivity index (χ1v) is 9.69. The summed E-state index contributed by atoms with van der Waals surface area (Å²) in [4.78, 5) is 15.1. The number of carbonyl (C=O) groups is 1. The standard InChI is InChI=1S/C19H24ClN5O.ClH/c1-13-18(22-23-25(13)17-8-10-21-11-9-17)19(26)24(16-6-7-16)12-14-2-4-15(20)5-3-14;/h2-5,16-17,21H,6-12H2,1H3;1H. The Morgan fingerprint density at radius 3 is 2.52 bits per heavy atom. The van der Waals surface area contributed by atoms with E-state index in [4.69, 9.17) is 11.6 Å². The third kappa shape index (κ3) is 4.45. The van der Waals surface area contributed by atoms with Crippen LogP contribution in [0, 0.1) is 6.92 Å². The smallest absolute Gasteiger partial charge is 0.276 e. The molecule has 8 heteroatoms. The zero-order valence-corrected chi connectivity index (χ0v) is 17.0. The van der Waals surface area contributed by atoms with Crippen molar-refractivity contribution in [3.8, 4) is 0 Å². The van der Waals surface area contributed by atoms with Gasteiger partial charge in [0.2, 0.25) is 0 Å². The summed E-state index contributed by atoms with van der Waals surface area (Å²) in [5, 5.41) is 12.6. The van der Waals surface area contributed by atoms with E-state index < -0.39 is 0 Å². The first kappa shape index (κ1) is 20.1. The Morgan fingerprint density at radius 2 is 1.89 bits per heavy atom. The highest BCUT2D eigenvalue weighted by Gasteiger charge is 2.35. The molecule has 1 aromatic carbocycles. The van der Waals surface area contributed by atoms with E-state index in [2.05, 4.69) is 15.6 Å². The normalized spacial score (nSPS) is 17.4. The van der Waals surface area contributed by atoms with Crippen LogP contribution in [-0.2, 0) is 6.54 Å². The highest BCUT2D eigenvalue weighted by atomic mass is 35.5. The van der Waals surface area contributed by atoms with Crippen LogP contribution in [0.1, 0.15) is 53.5 Å². The van der Waals surface area contributed by atoms with Crippen LogP contribution in [0.25, 0.3) is 0 Å². The Labute approximate surface area is 170 Å². The number of carbonyl (C=O) groups excluding carboxylic acids is 1. The van der Waals surface area contributed by atoms with E-state index in [0.717, 1.165) is 50.0 Å². The minimum Gasteiger partial charge on any atom is -0.330 e. The number of hydrogen-bond donors (Lipinski definition) is 1. The SMILES string of the molecule is Cc1c(C(=O)N(Cc2ccc(Cl)cc2)C2CC2)nnn1C1CCNCC1.Cl. The fraction of sp³-hybridized carbons (Fsp3) is 0.526. The Hall–Kier alpha value is -1.63. The Bertz CT molecular complexity index is 782. The van der Waals surface area contributed by atoms with Crippen molar-refractivity contribution >= 4 is 29.9 Å². The first-order chi connectivity index (χ1) is 12.6. The van der Waals surface area contributed by atoms with Crippen LogP contribution >= 0.6 is 24.0 Å². The lowest BCUT2D eigenvalue weighted by Crippen LogP contribution is -2.33. The fourth-order valence-corrected chi connectivity index (χ4v) is 3.74. The van der Waals surface area contributed by atoms with E-state index in [1.165, 1.54) is 0 Å². The van der Waals surface area contributed by atoms with Crippen LogP contribution in [0.3, 0.4) is 0 Å². The molecule has 0 spiro atoms. The average Bonchev–Trinajstić information content (AvgIpc) is 3.43. The Morgan fingerprint density at radius 1 is 1.22 bits per heavy atom. The van der Waals surface area contributed by atoms with Gasteiger partial charge in [0.25, 0.3) is 5.91 Å². The number of halogens is 2. The molecule has 146 valence electrons. The summed E-state index contributed by atoms with van der Waals surface area (Å²) in [6, 6.07) is 8.32. The summed E-state index contributed by atoms with van der Waals surface area (Å²) in [7, 11) is 0. The topological polar surface area (TPSA) is 63.1 Å². The maximum atomic E-state index is 13.2. The minimum atomic E-state index is -0.0138. The predicted molar refractivity (Wildman–Crippen MR) is 107 cm³/mol. The molecule has 4 rings (SSSR count). The van der Waals surface area contributed by atoms with Crippen molar-refractivity contribution in [2.45, 2.75) is 51.2 Å². The number of nitrogens with zero attached hydrogens (tertiary/aromatic N) is 4. The molecule has 1 aromatic heterocycles. The number of nitrogens with one attached hydrogen (secondary N) is 1. The van der Waals surface area contributed by atoms with Gasteiger partial charge in [-0.15, -0.1) is 17.5 Å². The summed E-state index contributed by atoms with van der Waals surface area (Å²) >= 11 is 5.97. The van der Waals surface area contributed by atoms with Gasteiger partial charge in [0, 0.05) is 17.6 Å². The van der Waals surface area contributed by atoms with Gasteiger partial charge >= 0.3 is 0 Å². The van der Waals surface area contributed by atoms with Crippen LogP contribution < -0.4 is 5.32 Å². The molecular weight excluding hydrogens is 385 g/mol. The molecule has 1 saturated carbocycles. The summed E-state index contributed by atoms with van der Waals surface area (Å²) in [6.45, 7) is 4.51. The molecule has 2 fully saturated rings. The van der Waals surface area contributed by atoms with Gasteiger partial charge in [-0.05, 0) is 63.4 Å². The molecule has 6 nitrogen and oxygen atoms in total. The molecule has 2 aliphatic rings. The van der Waals surface area contributed by atoms with Gasteiger partial charge in [0.15, 0.2) is 5.69 Å². The second kappa shape index (κ2) is 8.59. The van der Waals surface area contributed by atoms with Crippen LogP contribution in [0.4, 0.5) is 0 Å². The van der Waals surface area contributed by atoms with Gasteiger partial charge in [-0.1, -0.05) is 28.9 Å². The molecule has 1 amide bonds. The lowest BCUT2D eigenvalue weighted by atomic mass is 10.1. The lowest BCUT2D eigenvalue weighted by Gasteiger charge is -2.24. The van der Waals surface area contributed by atoms with Crippen LogP contribution in [0.5, 0.6) is 0 Å². The molecule has 2 heterocycles. The van der Waals surface area contributed by atoms with Crippen molar-refractivity contribution < 1.29 is 4.79 Å². The zero-order valence-electron chi connectivity index (χ0n) is 15.4. The summed E-state index contributed by atoms with van der Waals surface area (Å²) in [5.74, 6) is -0.0138. The molecule has 0 radical (unpaired) electrons. The van der Waals surface area contributed by atoms with E-state index >= 15 is 0 Å². The largest absolute Gasteiger partial charge is 0.330 e. The Kier molecular flexibility index (Phi) is 6.40. The van der Waals surface area contributed by atoms with Crippen molar-refractivity contribution in [3.05, 3.63) is 46.2 Å². The van der Waals surface area contributed by atoms with Crippen LogP contribution in [-0.4, -0.2) is 44.9 Å². The van der Waals surface area contributed by atoms with Crippen molar-refractivity contribution in [1.82, 2.24) is 25.2 Å². The van der Waals surface area contributed by atoms with E-state index in [-0.39, 0.29) is 18.3 Å². The summed E-state index contributed by atoms with van der Waals surface area (Å²) < 4.78 is 1.95. The highest BCUT2D eigenvalue weighted by molar-refractivity contribution is 6.30. The second-order valence-corrected chi connectivity index (χ2v) is 7.68. The van der Waals surface area contributed by atoms with Gasteiger partial charge < -0.3 is 10.2 Å². The van der Waals surface area contributed by atoms with Crippen molar-refractivity contribution in [2.75, 3.05) is 13.1 Å². The van der Waals surface area contributed by atoms with Gasteiger partial charge in [0.1, 0.15) is 0 Å². The summed E-state index contributed by atoms with van der Waals surface area (Å²) in [5.41, 5.74) is 2.45. The number of piperidine rings is 1. The highest BCUT2D eigenvalue weighted by Crippen LogP contribution is 2.30. The van der Waals surface area contributed by atoms with Gasteiger partial charge in [-0.3, -0.25) is 4.79 Å². The summed E-state index contributed by atoms with van der Waals surface area (Å²) in [6.07, 6.45) is 4.16. The molecule has 0 unspecified atom stereocenters. The number of aromatic nitrogens is 3. The second-order valence-electron chi connectivity index (χ2n) is 7.24. The maximum absolute atomic E-state index is 13.2. The van der Waals surface area contributed by atoms with Crippen molar-refractivity contribution in [2.24, 2.45) is 0 Å². The van der Waals surface area contributed by atoms with Gasteiger partial charge in [0.05, 0.1) is 11.7 Å². The molecule has 1 aliphatic carbocycles. The maximum Gasteiger partial charge on any atom is 0.276 e. The van der Waals surface area contributed by atoms with Gasteiger partial charge in [-0.2, -0.15) is 0 Å². The lowest BCUT2D eigenvalue weighted by molar-refractivity contribution is 0.0723. The minimum absolute atomic E-state index is 0. The molecular formula is C19H25Cl2N5O. The van der Waals surface area contributed by atoms with E-state index in [0.29, 0.717) is 29.3 Å². The van der Waals surface area contributed by atoms with Crippen molar-refractivity contribution in [3.63, 3.8) is 0 Å². The number of benzene rings is 1. The first-order valence-electron chi connectivity index (χ1n) is 9.31. The predicted octanol–water partition coefficient (Wildman–Crippen LogP) is 3.39. The third-order valence-electron chi connectivity index (χ3n) is 5.30. The number of hydrogen-bond acceptors (Lipinski definition) is 4.